The molecule has 26 heavy (non-hydrogen) atoms. The van der Waals surface area contributed by atoms with E-state index in [1.807, 2.05) is 30.3 Å². The van der Waals surface area contributed by atoms with Crippen molar-refractivity contribution in [3.8, 4) is 5.75 Å². The second kappa shape index (κ2) is 6.94. The molecule has 0 spiro atoms. The zero-order chi connectivity index (χ0) is 18.1. The highest BCUT2D eigenvalue weighted by molar-refractivity contribution is 6.11. The molecule has 0 N–H and O–H groups in total. The molecule has 1 aromatic heterocycles. The van der Waals surface area contributed by atoms with Gasteiger partial charge >= 0.3 is 0 Å². The Bertz CT molecular complexity index is 982. The molecule has 3 aromatic rings. The van der Waals surface area contributed by atoms with E-state index in [0.717, 1.165) is 45.9 Å². The van der Waals surface area contributed by atoms with Crippen LogP contribution in [0.15, 0.2) is 41.0 Å². The second-order valence-electron chi connectivity index (χ2n) is 6.99. The molecule has 4 nitrogen and oxygen atoms in total. The number of ketones is 2. The molecule has 0 amide bonds. The third-order valence-corrected chi connectivity index (χ3v) is 5.17. The Morgan fingerprint density at radius 3 is 2.88 bits per heavy atom. The third kappa shape index (κ3) is 3.00. The van der Waals surface area contributed by atoms with E-state index in [4.69, 9.17) is 9.15 Å². The average molecular weight is 350 g/mol. The van der Waals surface area contributed by atoms with Crippen LogP contribution in [0.3, 0.4) is 0 Å². The Balaban J connectivity index is 1.75. The minimum Gasteiger partial charge on any atom is -0.494 e. The first-order valence-electron chi connectivity index (χ1n) is 9.28. The Morgan fingerprint density at radius 1 is 1.19 bits per heavy atom. The lowest BCUT2D eigenvalue weighted by molar-refractivity contribution is -0.130. The smallest absolute Gasteiger partial charge is 0.147 e. The summed E-state index contributed by atoms with van der Waals surface area (Å²) in [5.74, 6) is 0.646. The fraction of sp³-hybridized carbons (Fsp3) is 0.364. The maximum Gasteiger partial charge on any atom is 0.147 e. The van der Waals surface area contributed by atoms with E-state index in [9.17, 15) is 9.59 Å². The lowest BCUT2D eigenvalue weighted by Gasteiger charge is -2.19. The van der Waals surface area contributed by atoms with E-state index in [1.54, 1.807) is 6.26 Å². The van der Waals surface area contributed by atoms with Gasteiger partial charge in [0.15, 0.2) is 0 Å². The van der Waals surface area contributed by atoms with Gasteiger partial charge in [0.05, 0.1) is 19.3 Å². The van der Waals surface area contributed by atoms with Gasteiger partial charge in [-0.2, -0.15) is 0 Å². The number of hydrogen-bond donors (Lipinski definition) is 0. The van der Waals surface area contributed by atoms with Crippen molar-refractivity contribution in [2.45, 2.75) is 44.9 Å². The van der Waals surface area contributed by atoms with Gasteiger partial charge in [-0.15, -0.1) is 0 Å². The summed E-state index contributed by atoms with van der Waals surface area (Å²) in [7, 11) is 0. The fourth-order valence-corrected chi connectivity index (χ4v) is 3.75. The molecule has 0 aliphatic heterocycles. The summed E-state index contributed by atoms with van der Waals surface area (Å²) in [4.78, 5) is 24.0. The number of hydrogen-bond acceptors (Lipinski definition) is 4. The molecule has 4 rings (SSSR count). The quantitative estimate of drug-likeness (QED) is 0.470. The van der Waals surface area contributed by atoms with Gasteiger partial charge in [0.25, 0.3) is 0 Å². The Kier molecular flexibility index (Phi) is 4.49. The van der Waals surface area contributed by atoms with E-state index in [2.05, 4.69) is 6.92 Å². The summed E-state index contributed by atoms with van der Waals surface area (Å²) < 4.78 is 11.5. The van der Waals surface area contributed by atoms with E-state index in [0.29, 0.717) is 19.4 Å². The van der Waals surface area contributed by atoms with Crippen LogP contribution in [0.2, 0.25) is 0 Å². The van der Waals surface area contributed by atoms with E-state index in [1.165, 1.54) is 0 Å². The predicted molar refractivity (Wildman–Crippen MR) is 101 cm³/mol. The first-order valence-corrected chi connectivity index (χ1v) is 9.28. The first-order chi connectivity index (χ1) is 12.7. The summed E-state index contributed by atoms with van der Waals surface area (Å²) >= 11 is 0. The summed E-state index contributed by atoms with van der Waals surface area (Å²) in [5, 5.41) is 3.10. The van der Waals surface area contributed by atoms with Gasteiger partial charge in [-0.05, 0) is 47.9 Å². The summed E-state index contributed by atoms with van der Waals surface area (Å²) in [6.07, 6.45) is 4.89. The zero-order valence-electron chi connectivity index (χ0n) is 14.9. The summed E-state index contributed by atoms with van der Waals surface area (Å²) in [6, 6.07) is 10.0. The molecule has 0 radical (unpaired) electrons. The van der Waals surface area contributed by atoms with E-state index < -0.39 is 0 Å². The van der Waals surface area contributed by atoms with Gasteiger partial charge in [0.1, 0.15) is 22.9 Å². The zero-order valence-corrected chi connectivity index (χ0v) is 14.9. The molecule has 1 aliphatic rings. The average Bonchev–Trinajstić information content (AvgIpc) is 3.06. The molecule has 1 aliphatic carbocycles. The van der Waals surface area contributed by atoms with Crippen LogP contribution in [-0.4, -0.2) is 18.2 Å². The van der Waals surface area contributed by atoms with Crippen molar-refractivity contribution < 1.29 is 18.7 Å². The first kappa shape index (κ1) is 16.8. The van der Waals surface area contributed by atoms with Crippen LogP contribution in [0, 0.1) is 0 Å². The topological polar surface area (TPSA) is 56.5 Å². The normalized spacial score (nSPS) is 18.0. The number of rotatable bonds is 5. The van der Waals surface area contributed by atoms with Crippen LogP contribution in [0.1, 0.15) is 50.5 Å². The molecule has 2 aromatic carbocycles. The molecule has 1 fully saturated rings. The molecule has 134 valence electrons. The highest BCUT2D eigenvalue weighted by Crippen LogP contribution is 2.38. The maximum absolute atomic E-state index is 12.4. The Morgan fingerprint density at radius 2 is 2.08 bits per heavy atom. The van der Waals surface area contributed by atoms with Crippen LogP contribution in [0.5, 0.6) is 5.75 Å². The Labute approximate surface area is 152 Å². The minimum absolute atomic E-state index is 0.000437. The molecule has 1 heterocycles. The third-order valence-electron chi connectivity index (χ3n) is 5.17. The standard InChI is InChI=1S/C22H22O4/c1-2-3-10-25-16-6-8-17-14(11-16)4-9-21-22(17)19(13-26-21)18-7-5-15(23)12-20(18)24/h4,6,8-9,11,13,18H,2-3,5,7,10,12H2,1H3. The molecular weight excluding hydrogens is 328 g/mol. The summed E-state index contributed by atoms with van der Waals surface area (Å²) in [5.41, 5.74) is 1.68. The van der Waals surface area contributed by atoms with Gasteiger partial charge in [0, 0.05) is 23.3 Å². The number of carbonyl (C=O) groups excluding carboxylic acids is 2. The molecule has 0 bridgehead atoms. The largest absolute Gasteiger partial charge is 0.494 e. The lowest BCUT2D eigenvalue weighted by atomic mass is 9.81. The van der Waals surface area contributed by atoms with Crippen LogP contribution < -0.4 is 4.74 Å². The molecule has 1 saturated carbocycles. The van der Waals surface area contributed by atoms with Gasteiger partial charge < -0.3 is 9.15 Å². The number of unbranched alkanes of at least 4 members (excludes halogenated alkanes) is 1. The van der Waals surface area contributed by atoms with Crippen LogP contribution in [0.25, 0.3) is 21.7 Å². The van der Waals surface area contributed by atoms with Gasteiger partial charge in [-0.3, -0.25) is 9.59 Å². The number of carbonyl (C=O) groups is 2. The molecule has 4 heteroatoms. The number of benzene rings is 2. The minimum atomic E-state index is -0.250. The van der Waals surface area contributed by atoms with Gasteiger partial charge in [-0.1, -0.05) is 19.4 Å². The lowest BCUT2D eigenvalue weighted by Crippen LogP contribution is -2.22. The van der Waals surface area contributed by atoms with Crippen molar-refractivity contribution >= 4 is 33.3 Å². The van der Waals surface area contributed by atoms with Crippen LogP contribution in [0.4, 0.5) is 0 Å². The van der Waals surface area contributed by atoms with Crippen molar-refractivity contribution in [3.63, 3.8) is 0 Å². The monoisotopic (exact) mass is 350 g/mol. The van der Waals surface area contributed by atoms with Crippen molar-refractivity contribution in [1.82, 2.24) is 0 Å². The highest BCUT2D eigenvalue weighted by atomic mass is 16.5. The van der Waals surface area contributed by atoms with Crippen LogP contribution >= 0.6 is 0 Å². The maximum atomic E-state index is 12.4. The van der Waals surface area contributed by atoms with E-state index >= 15 is 0 Å². The predicted octanol–water partition coefficient (Wildman–Crippen LogP) is 5.17. The number of furan rings is 1. The van der Waals surface area contributed by atoms with Gasteiger partial charge in [-0.25, -0.2) is 0 Å². The second-order valence-corrected chi connectivity index (χ2v) is 6.99. The molecular formula is C22H22O4. The fourth-order valence-electron chi connectivity index (χ4n) is 3.75. The van der Waals surface area contributed by atoms with Crippen molar-refractivity contribution in [2.24, 2.45) is 0 Å². The van der Waals surface area contributed by atoms with Gasteiger partial charge in [0.2, 0.25) is 0 Å². The SMILES string of the molecule is CCCCOc1ccc2c(ccc3occ(C4CCC(=O)CC4=O)c32)c1. The molecule has 1 atom stereocenters. The number of fused-ring (bicyclic) bond motifs is 3. The van der Waals surface area contributed by atoms with E-state index in [-0.39, 0.29) is 23.9 Å². The van der Waals surface area contributed by atoms with Crippen molar-refractivity contribution in [1.29, 1.82) is 0 Å². The summed E-state index contributed by atoms with van der Waals surface area (Å²) in [6.45, 7) is 2.85. The van der Waals surface area contributed by atoms with Crippen LogP contribution in [-0.2, 0) is 9.59 Å². The molecule has 1 unspecified atom stereocenters. The Hall–Kier alpha value is -2.62. The number of ether oxygens (including phenoxy) is 1. The number of Topliss-reactive ketones (excluding diaryl/α,β-unsaturated/α-hetero) is 2. The van der Waals surface area contributed by atoms with Crippen molar-refractivity contribution in [2.75, 3.05) is 6.61 Å². The van der Waals surface area contributed by atoms with Crippen molar-refractivity contribution in [3.05, 3.63) is 42.2 Å². The highest BCUT2D eigenvalue weighted by Gasteiger charge is 2.31. The molecule has 0 saturated heterocycles.